The minimum Gasteiger partial charge on any atom is -0.391 e. The smallest absolute Gasteiger partial charge is 0.274 e. The number of amides is 1. The number of carbonyl (C=O) groups excluding carboxylic acids is 1. The van der Waals surface area contributed by atoms with Gasteiger partial charge in [-0.1, -0.05) is 0 Å². The third kappa shape index (κ3) is 4.44. The van der Waals surface area contributed by atoms with E-state index in [-0.39, 0.29) is 29.2 Å². The van der Waals surface area contributed by atoms with Crippen molar-refractivity contribution in [1.29, 1.82) is 0 Å². The highest BCUT2D eigenvalue weighted by Crippen LogP contribution is 2.36. The average molecular weight is 496 g/mol. The Bertz CT molecular complexity index is 1330. The van der Waals surface area contributed by atoms with E-state index < -0.39 is 6.10 Å². The Kier molecular flexibility index (Phi) is 6.44. The summed E-state index contributed by atoms with van der Waals surface area (Å²) in [4.78, 5) is 30.8. The number of aromatic nitrogens is 4. The Morgan fingerprint density at radius 1 is 1.25 bits per heavy atom. The number of nitrogens with one attached hydrogen (secondary N) is 3. The average Bonchev–Trinajstić information content (AvgIpc) is 3.32. The fourth-order valence-corrected chi connectivity index (χ4v) is 4.99. The van der Waals surface area contributed by atoms with Gasteiger partial charge in [-0.2, -0.15) is 9.61 Å². The van der Waals surface area contributed by atoms with Crippen LogP contribution in [0.3, 0.4) is 0 Å². The zero-order chi connectivity index (χ0) is 25.4. The fourth-order valence-electron chi connectivity index (χ4n) is 4.99. The number of carbonyl (C=O) groups is 1. The number of methoxy groups -OCH3 is 1. The summed E-state index contributed by atoms with van der Waals surface area (Å²) in [7, 11) is 3.49. The molecule has 0 radical (unpaired) electrons. The molecule has 0 saturated heterocycles. The fraction of sp³-hybridized carbons (Fsp3) is 0.520. The van der Waals surface area contributed by atoms with Gasteiger partial charge in [0, 0.05) is 32.5 Å². The van der Waals surface area contributed by atoms with Crippen molar-refractivity contribution < 1.29 is 14.6 Å². The third-order valence-corrected chi connectivity index (χ3v) is 7.66. The molecule has 4 N–H and O–H groups in total. The van der Waals surface area contributed by atoms with Gasteiger partial charge in [-0.05, 0) is 57.6 Å². The third-order valence-electron chi connectivity index (χ3n) is 7.66. The zero-order valence-corrected chi connectivity index (χ0v) is 20.8. The van der Waals surface area contributed by atoms with Crippen LogP contribution in [0.4, 0.5) is 17.3 Å². The second-order valence-electron chi connectivity index (χ2n) is 9.94. The Balaban J connectivity index is 1.42. The van der Waals surface area contributed by atoms with Gasteiger partial charge in [0.25, 0.3) is 11.5 Å². The molecule has 0 aliphatic heterocycles. The van der Waals surface area contributed by atoms with Crippen LogP contribution in [-0.4, -0.2) is 62.1 Å². The number of anilines is 3. The van der Waals surface area contributed by atoms with Gasteiger partial charge in [0.15, 0.2) is 5.65 Å². The van der Waals surface area contributed by atoms with Gasteiger partial charge in [-0.3, -0.25) is 9.59 Å². The van der Waals surface area contributed by atoms with Crippen LogP contribution in [-0.2, 0) is 4.74 Å². The molecule has 3 heterocycles. The van der Waals surface area contributed by atoms with Gasteiger partial charge in [0.1, 0.15) is 22.9 Å². The molecule has 0 bridgehead atoms. The van der Waals surface area contributed by atoms with E-state index in [1.807, 2.05) is 12.3 Å². The summed E-state index contributed by atoms with van der Waals surface area (Å²) in [5.74, 6) is 0.672. The monoisotopic (exact) mass is 495 g/mol. The van der Waals surface area contributed by atoms with E-state index in [1.165, 1.54) is 10.7 Å². The van der Waals surface area contributed by atoms with Gasteiger partial charge in [0.2, 0.25) is 0 Å². The molecule has 2 saturated carbocycles. The maximum absolute atomic E-state index is 13.4. The van der Waals surface area contributed by atoms with Crippen LogP contribution in [0.15, 0.2) is 35.4 Å². The van der Waals surface area contributed by atoms with E-state index >= 15 is 0 Å². The quantitative estimate of drug-likeness (QED) is 0.393. The van der Waals surface area contributed by atoms with E-state index in [9.17, 15) is 14.7 Å². The molecule has 2 aliphatic carbocycles. The Morgan fingerprint density at radius 2 is 2.03 bits per heavy atom. The molecule has 1 amide bonds. The lowest BCUT2D eigenvalue weighted by molar-refractivity contribution is -0.0324. The Hall–Kier alpha value is -3.44. The summed E-state index contributed by atoms with van der Waals surface area (Å²) in [6.07, 6.45) is 7.70. The number of aliphatic hydroxyl groups excluding tert-OH is 1. The van der Waals surface area contributed by atoms with Crippen molar-refractivity contribution in [2.45, 2.75) is 69.2 Å². The van der Waals surface area contributed by atoms with Gasteiger partial charge >= 0.3 is 0 Å². The molecule has 11 heteroatoms. The van der Waals surface area contributed by atoms with E-state index in [2.05, 4.69) is 33.0 Å². The van der Waals surface area contributed by atoms with Crippen LogP contribution >= 0.6 is 0 Å². The molecule has 0 spiro atoms. The van der Waals surface area contributed by atoms with Crippen LogP contribution in [0.1, 0.15) is 61.8 Å². The first kappa shape index (κ1) is 24.3. The number of nitrogens with zero attached hydrogens (tertiary/aromatic N) is 4. The Labute approximate surface area is 208 Å². The van der Waals surface area contributed by atoms with Crippen LogP contribution in [0, 0.1) is 0 Å². The van der Waals surface area contributed by atoms with Gasteiger partial charge in [-0.15, -0.1) is 0 Å². The van der Waals surface area contributed by atoms with Crippen LogP contribution in [0.25, 0.3) is 5.65 Å². The molecular formula is C25H33N7O4. The number of hydrogen-bond donors (Lipinski definition) is 4. The lowest BCUT2D eigenvalue weighted by atomic mass is 9.83. The van der Waals surface area contributed by atoms with Crippen LogP contribution < -0.4 is 21.5 Å². The highest BCUT2D eigenvalue weighted by molar-refractivity contribution is 6.00. The summed E-state index contributed by atoms with van der Waals surface area (Å²) in [6, 6.07) is 5.17. The largest absolute Gasteiger partial charge is 0.391 e. The second-order valence-corrected chi connectivity index (χ2v) is 9.94. The van der Waals surface area contributed by atoms with Crippen LogP contribution in [0.2, 0.25) is 0 Å². The molecule has 3 aromatic rings. The Morgan fingerprint density at radius 3 is 2.67 bits per heavy atom. The molecule has 3 aromatic heterocycles. The van der Waals surface area contributed by atoms with Crippen molar-refractivity contribution in [2.24, 2.45) is 0 Å². The highest BCUT2D eigenvalue weighted by Gasteiger charge is 2.33. The predicted molar refractivity (Wildman–Crippen MR) is 136 cm³/mol. The number of pyridine rings is 1. The first-order valence-electron chi connectivity index (χ1n) is 12.4. The molecule has 5 rings (SSSR count). The van der Waals surface area contributed by atoms with E-state index in [0.29, 0.717) is 35.0 Å². The summed E-state index contributed by atoms with van der Waals surface area (Å²) >= 11 is 0. The maximum Gasteiger partial charge on any atom is 0.274 e. The van der Waals surface area contributed by atoms with Crippen LogP contribution in [0.5, 0.6) is 0 Å². The summed E-state index contributed by atoms with van der Waals surface area (Å²) in [6.45, 7) is 2.12. The van der Waals surface area contributed by atoms with Gasteiger partial charge < -0.3 is 30.4 Å². The number of hydrogen-bond acceptors (Lipinski definition) is 8. The lowest BCUT2D eigenvalue weighted by Crippen LogP contribution is -2.50. The standard InChI is InChI=1S/C25H33N7O4/c1-25(36-3)10-8-15(9-11-25)31-12-4-5-18(24(31)35)28-20-13-21(26-2)32-22(30-20)16(14-27-32)23(34)29-17-6-7-19(17)33/h4-5,12-15,17,19,26,33H,6-11H2,1-3H3,(H,28,30)(H,29,34)/t15?,17-,19-,25?/m1/s1. The topological polar surface area (TPSA) is 135 Å². The van der Waals surface area contributed by atoms with E-state index in [4.69, 9.17) is 4.74 Å². The lowest BCUT2D eigenvalue weighted by Gasteiger charge is -2.36. The predicted octanol–water partition coefficient (Wildman–Crippen LogP) is 2.45. The van der Waals surface area contributed by atoms with Crippen molar-refractivity contribution in [3.8, 4) is 0 Å². The minimum absolute atomic E-state index is 0.109. The van der Waals surface area contributed by atoms with Crippen molar-refractivity contribution in [3.05, 3.63) is 46.5 Å². The summed E-state index contributed by atoms with van der Waals surface area (Å²) in [5, 5.41) is 23.2. The van der Waals surface area contributed by atoms with Crippen molar-refractivity contribution in [2.75, 3.05) is 24.8 Å². The number of fused-ring (bicyclic) bond motifs is 1. The van der Waals surface area contributed by atoms with Crippen molar-refractivity contribution in [1.82, 2.24) is 24.5 Å². The van der Waals surface area contributed by atoms with E-state index in [1.54, 1.807) is 30.9 Å². The molecular weight excluding hydrogens is 462 g/mol. The number of aliphatic hydroxyl groups is 1. The van der Waals surface area contributed by atoms with Gasteiger partial charge in [-0.25, -0.2) is 4.98 Å². The summed E-state index contributed by atoms with van der Waals surface area (Å²) in [5.41, 5.74) is 0.785. The molecule has 36 heavy (non-hydrogen) atoms. The molecule has 2 atom stereocenters. The first-order valence-corrected chi connectivity index (χ1v) is 12.4. The van der Waals surface area contributed by atoms with Crippen molar-refractivity contribution in [3.63, 3.8) is 0 Å². The summed E-state index contributed by atoms with van der Waals surface area (Å²) < 4.78 is 8.97. The highest BCUT2D eigenvalue weighted by atomic mass is 16.5. The molecule has 0 unspecified atom stereocenters. The molecule has 2 fully saturated rings. The molecule has 0 aromatic carbocycles. The normalized spacial score (nSPS) is 25.8. The molecule has 11 nitrogen and oxygen atoms in total. The number of ether oxygens (including phenoxy) is 1. The van der Waals surface area contributed by atoms with Crippen molar-refractivity contribution >= 4 is 28.9 Å². The molecule has 192 valence electrons. The number of rotatable bonds is 7. The first-order chi connectivity index (χ1) is 17.3. The second kappa shape index (κ2) is 9.55. The SMILES string of the molecule is CNc1cc(Nc2cccn(C3CCC(C)(OC)CC3)c2=O)nc2c(C(=O)N[C@@H]3CC[C@H]3O)cnn12. The minimum atomic E-state index is -0.526. The molecule has 2 aliphatic rings. The maximum atomic E-state index is 13.4. The zero-order valence-electron chi connectivity index (χ0n) is 20.8. The van der Waals surface area contributed by atoms with E-state index in [0.717, 1.165) is 32.1 Å². The van der Waals surface area contributed by atoms with Gasteiger partial charge in [0.05, 0.1) is 23.9 Å².